The monoisotopic (exact) mass is 395 g/mol. The second-order valence-electron chi connectivity index (χ2n) is 6.66. The molecular formula is C18H24F3N7. The highest BCUT2D eigenvalue weighted by Crippen LogP contribution is 2.29. The molecule has 0 atom stereocenters. The first-order chi connectivity index (χ1) is 13.4. The summed E-state index contributed by atoms with van der Waals surface area (Å²) in [5.41, 5.74) is 0.269. The molecule has 0 bridgehead atoms. The Kier molecular flexibility index (Phi) is 6.18. The number of alkyl halides is 3. The van der Waals surface area contributed by atoms with Crippen LogP contribution in [0.25, 0.3) is 0 Å². The molecule has 0 aliphatic carbocycles. The van der Waals surface area contributed by atoms with Crippen LogP contribution >= 0.6 is 0 Å². The van der Waals surface area contributed by atoms with Crippen molar-refractivity contribution in [3.63, 3.8) is 0 Å². The lowest BCUT2D eigenvalue weighted by molar-refractivity contribution is -0.137. The lowest BCUT2D eigenvalue weighted by atomic mass is 10.1. The van der Waals surface area contributed by atoms with Crippen LogP contribution < -0.4 is 5.32 Å². The zero-order valence-corrected chi connectivity index (χ0v) is 15.9. The van der Waals surface area contributed by atoms with E-state index >= 15 is 0 Å². The minimum atomic E-state index is -4.29. The number of aliphatic imine (C=N–C) groups is 1. The van der Waals surface area contributed by atoms with Crippen LogP contribution in [0.2, 0.25) is 0 Å². The van der Waals surface area contributed by atoms with Crippen LogP contribution in [0.3, 0.4) is 0 Å². The molecule has 2 heterocycles. The molecule has 28 heavy (non-hydrogen) atoms. The summed E-state index contributed by atoms with van der Waals surface area (Å²) in [5.74, 6) is 1.62. The fourth-order valence-corrected chi connectivity index (χ4v) is 3.15. The average Bonchev–Trinajstić information content (AvgIpc) is 3.08. The van der Waals surface area contributed by atoms with Gasteiger partial charge >= 0.3 is 6.18 Å². The first-order valence-corrected chi connectivity index (χ1v) is 9.04. The first kappa shape index (κ1) is 20.1. The summed E-state index contributed by atoms with van der Waals surface area (Å²) in [5, 5.41) is 7.34. The predicted octanol–water partition coefficient (Wildman–Crippen LogP) is 1.73. The molecule has 1 aliphatic rings. The number of rotatable bonds is 4. The van der Waals surface area contributed by atoms with Crippen LogP contribution in [0, 0.1) is 0 Å². The average molecular weight is 395 g/mol. The maximum atomic E-state index is 12.7. The van der Waals surface area contributed by atoms with Crippen molar-refractivity contribution in [3.8, 4) is 0 Å². The van der Waals surface area contributed by atoms with Gasteiger partial charge in [0.2, 0.25) is 0 Å². The molecule has 1 fully saturated rings. The zero-order chi connectivity index (χ0) is 20.1. The van der Waals surface area contributed by atoms with Gasteiger partial charge in [0.25, 0.3) is 0 Å². The van der Waals surface area contributed by atoms with Gasteiger partial charge in [-0.15, -0.1) is 0 Å². The largest absolute Gasteiger partial charge is 0.416 e. The Balaban J connectivity index is 1.48. The van der Waals surface area contributed by atoms with E-state index in [1.807, 2.05) is 7.05 Å². The fraction of sp³-hybridized carbons (Fsp3) is 0.500. The van der Waals surface area contributed by atoms with Crippen LogP contribution in [0.15, 0.2) is 35.6 Å². The van der Waals surface area contributed by atoms with E-state index in [1.165, 1.54) is 6.33 Å². The molecule has 1 aromatic heterocycles. The Labute approximate surface area is 161 Å². The number of aryl methyl sites for hydroxylation is 1. The molecule has 1 N–H and O–H groups in total. The number of hydrogen-bond donors (Lipinski definition) is 1. The van der Waals surface area contributed by atoms with Crippen LogP contribution in [0.5, 0.6) is 0 Å². The highest BCUT2D eigenvalue weighted by molar-refractivity contribution is 5.79. The van der Waals surface area contributed by atoms with E-state index in [4.69, 9.17) is 0 Å². The number of nitrogens with zero attached hydrogens (tertiary/aromatic N) is 6. The molecule has 152 valence electrons. The molecule has 0 spiro atoms. The summed E-state index contributed by atoms with van der Waals surface area (Å²) < 4.78 is 39.7. The van der Waals surface area contributed by atoms with E-state index in [0.29, 0.717) is 13.1 Å². The normalized spacial score (nSPS) is 16.5. The fourth-order valence-electron chi connectivity index (χ4n) is 3.15. The van der Waals surface area contributed by atoms with E-state index in [-0.39, 0.29) is 0 Å². The van der Waals surface area contributed by atoms with Crippen molar-refractivity contribution in [2.45, 2.75) is 19.3 Å². The van der Waals surface area contributed by atoms with Gasteiger partial charge in [-0.25, -0.2) is 4.98 Å². The van der Waals surface area contributed by atoms with E-state index < -0.39 is 11.7 Å². The topological polar surface area (TPSA) is 61.6 Å². The zero-order valence-electron chi connectivity index (χ0n) is 15.9. The van der Waals surface area contributed by atoms with Gasteiger partial charge in [0.05, 0.1) is 12.1 Å². The van der Waals surface area contributed by atoms with Crippen molar-refractivity contribution < 1.29 is 13.2 Å². The third-order valence-electron chi connectivity index (χ3n) is 4.78. The maximum Gasteiger partial charge on any atom is 0.416 e. The van der Waals surface area contributed by atoms with Crippen molar-refractivity contribution in [2.24, 2.45) is 12.0 Å². The van der Waals surface area contributed by atoms with E-state index in [2.05, 4.69) is 30.2 Å². The van der Waals surface area contributed by atoms with Crippen molar-refractivity contribution >= 4 is 5.96 Å². The third-order valence-corrected chi connectivity index (χ3v) is 4.78. The molecule has 10 heteroatoms. The van der Waals surface area contributed by atoms with Gasteiger partial charge in [0, 0.05) is 46.8 Å². The molecule has 0 amide bonds. The summed E-state index contributed by atoms with van der Waals surface area (Å²) in [6.45, 7) is 4.38. The quantitative estimate of drug-likeness (QED) is 0.631. The lowest BCUT2D eigenvalue weighted by Gasteiger charge is -2.36. The Hall–Kier alpha value is -2.62. The highest BCUT2D eigenvalue weighted by Gasteiger charge is 2.30. The standard InChI is InChI=1S/C18H24F3N7/c1-22-17(23-11-16-24-13-25-26(16)2)28-9-7-27(8-10-28)12-14-3-5-15(6-4-14)18(19,20)21/h3-6,13H,7-12H2,1-2H3,(H,22,23). The van der Waals surface area contributed by atoms with Crippen molar-refractivity contribution in [1.29, 1.82) is 0 Å². The number of benzene rings is 1. The smallest absolute Gasteiger partial charge is 0.349 e. The number of aromatic nitrogens is 3. The van der Waals surface area contributed by atoms with E-state index in [0.717, 1.165) is 55.7 Å². The molecule has 1 aliphatic heterocycles. The molecule has 7 nitrogen and oxygen atoms in total. The number of piperazine rings is 1. The van der Waals surface area contributed by atoms with Gasteiger partial charge in [0.15, 0.2) is 5.96 Å². The van der Waals surface area contributed by atoms with Crippen LogP contribution in [0.1, 0.15) is 17.0 Å². The minimum Gasteiger partial charge on any atom is -0.349 e. The van der Waals surface area contributed by atoms with Gasteiger partial charge in [-0.1, -0.05) is 12.1 Å². The Morgan fingerprint density at radius 3 is 2.36 bits per heavy atom. The molecule has 0 unspecified atom stereocenters. The summed E-state index contributed by atoms with van der Waals surface area (Å²) in [4.78, 5) is 12.9. The van der Waals surface area contributed by atoms with Gasteiger partial charge in [-0.05, 0) is 17.7 Å². The van der Waals surface area contributed by atoms with Crippen LogP contribution in [-0.2, 0) is 26.3 Å². The highest BCUT2D eigenvalue weighted by atomic mass is 19.4. The summed E-state index contributed by atoms with van der Waals surface area (Å²) in [7, 11) is 3.58. The third kappa shape index (κ3) is 5.00. The van der Waals surface area contributed by atoms with Gasteiger partial charge < -0.3 is 10.2 Å². The van der Waals surface area contributed by atoms with Crippen LogP contribution in [-0.4, -0.2) is 63.8 Å². The molecule has 0 radical (unpaired) electrons. The predicted molar refractivity (Wildman–Crippen MR) is 99.5 cm³/mol. The summed E-state index contributed by atoms with van der Waals surface area (Å²) in [6, 6.07) is 5.39. The molecule has 2 aromatic rings. The van der Waals surface area contributed by atoms with Crippen molar-refractivity contribution in [3.05, 3.63) is 47.5 Å². The molecular weight excluding hydrogens is 371 g/mol. The Morgan fingerprint density at radius 1 is 1.14 bits per heavy atom. The molecule has 1 aromatic carbocycles. The SMILES string of the molecule is CN=C(NCc1ncnn1C)N1CCN(Cc2ccc(C(F)(F)F)cc2)CC1. The second-order valence-corrected chi connectivity index (χ2v) is 6.66. The van der Waals surface area contributed by atoms with Gasteiger partial charge in [0.1, 0.15) is 12.2 Å². The van der Waals surface area contributed by atoms with Gasteiger partial charge in [-0.3, -0.25) is 14.6 Å². The minimum absolute atomic E-state index is 0.537. The van der Waals surface area contributed by atoms with Crippen LogP contribution in [0.4, 0.5) is 13.2 Å². The molecule has 0 saturated carbocycles. The van der Waals surface area contributed by atoms with Crippen molar-refractivity contribution in [2.75, 3.05) is 33.2 Å². The summed E-state index contributed by atoms with van der Waals surface area (Å²) in [6.07, 6.45) is -2.78. The van der Waals surface area contributed by atoms with E-state index in [1.54, 1.807) is 23.9 Å². The molecule has 1 saturated heterocycles. The number of hydrogen-bond acceptors (Lipinski definition) is 4. The van der Waals surface area contributed by atoms with E-state index in [9.17, 15) is 13.2 Å². The van der Waals surface area contributed by atoms with Gasteiger partial charge in [-0.2, -0.15) is 18.3 Å². The Bertz CT molecular complexity index is 790. The number of nitrogens with one attached hydrogen (secondary N) is 1. The molecule has 3 rings (SSSR count). The number of halogens is 3. The lowest BCUT2D eigenvalue weighted by Crippen LogP contribution is -2.52. The first-order valence-electron chi connectivity index (χ1n) is 9.04. The summed E-state index contributed by atoms with van der Waals surface area (Å²) >= 11 is 0. The van der Waals surface area contributed by atoms with Crippen molar-refractivity contribution in [1.82, 2.24) is 29.9 Å². The number of guanidine groups is 1. The second kappa shape index (κ2) is 8.59. The Morgan fingerprint density at radius 2 is 1.82 bits per heavy atom. The maximum absolute atomic E-state index is 12.7.